The third-order valence-corrected chi connectivity index (χ3v) is 3.59. The van der Waals surface area contributed by atoms with Gasteiger partial charge < -0.3 is 10.1 Å². The molecule has 3 nitrogen and oxygen atoms in total. The van der Waals surface area contributed by atoms with E-state index in [1.54, 1.807) is 11.8 Å². The van der Waals surface area contributed by atoms with E-state index in [0.717, 1.165) is 25.1 Å². The van der Waals surface area contributed by atoms with Gasteiger partial charge in [-0.15, -0.1) is 11.8 Å². The molecule has 18 heavy (non-hydrogen) atoms. The van der Waals surface area contributed by atoms with Crippen LogP contribution in [0.15, 0.2) is 35.2 Å². The maximum absolute atomic E-state index is 11.6. The van der Waals surface area contributed by atoms with E-state index in [9.17, 15) is 4.79 Å². The van der Waals surface area contributed by atoms with Gasteiger partial charge in [0.1, 0.15) is 6.04 Å². The second-order valence-corrected chi connectivity index (χ2v) is 5.15. The van der Waals surface area contributed by atoms with Gasteiger partial charge in [0.25, 0.3) is 0 Å². The lowest BCUT2D eigenvalue weighted by atomic mass is 10.2. The fourth-order valence-corrected chi connectivity index (χ4v) is 2.51. The van der Waals surface area contributed by atoms with Crippen LogP contribution >= 0.6 is 11.8 Å². The van der Waals surface area contributed by atoms with Gasteiger partial charge in [-0.2, -0.15) is 0 Å². The Hall–Kier alpha value is -1.00. The zero-order valence-electron chi connectivity index (χ0n) is 11.0. The summed E-state index contributed by atoms with van der Waals surface area (Å²) < 4.78 is 4.80. The second kappa shape index (κ2) is 9.00. The average Bonchev–Trinajstić information content (AvgIpc) is 2.43. The summed E-state index contributed by atoms with van der Waals surface area (Å²) in [5, 5.41) is 3.22. The Morgan fingerprint density at radius 2 is 2.11 bits per heavy atom. The third-order valence-electron chi connectivity index (χ3n) is 2.54. The summed E-state index contributed by atoms with van der Waals surface area (Å²) in [5.74, 6) is 0.734. The van der Waals surface area contributed by atoms with Gasteiger partial charge in [0, 0.05) is 10.6 Å². The van der Waals surface area contributed by atoms with Crippen LogP contribution in [0.1, 0.15) is 19.8 Å². The summed E-state index contributed by atoms with van der Waals surface area (Å²) in [4.78, 5) is 12.8. The van der Waals surface area contributed by atoms with Crippen molar-refractivity contribution in [3.63, 3.8) is 0 Å². The number of carbonyl (C=O) groups is 1. The first-order valence-corrected chi connectivity index (χ1v) is 7.25. The zero-order chi connectivity index (χ0) is 13.2. The highest BCUT2D eigenvalue weighted by atomic mass is 32.2. The first-order valence-electron chi connectivity index (χ1n) is 6.27. The number of thioether (sulfide) groups is 1. The molecule has 1 rings (SSSR count). The molecule has 0 aliphatic carbocycles. The number of carbonyl (C=O) groups excluding carboxylic acids is 1. The molecule has 0 spiro atoms. The van der Waals surface area contributed by atoms with Crippen molar-refractivity contribution in [1.29, 1.82) is 0 Å². The smallest absolute Gasteiger partial charge is 0.322 e. The molecule has 0 aliphatic heterocycles. The van der Waals surface area contributed by atoms with Crippen molar-refractivity contribution in [2.45, 2.75) is 30.7 Å². The van der Waals surface area contributed by atoms with Crippen LogP contribution in [0.2, 0.25) is 0 Å². The highest BCUT2D eigenvalue weighted by Gasteiger charge is 2.17. The molecule has 0 saturated carbocycles. The highest BCUT2D eigenvalue weighted by Crippen LogP contribution is 2.18. The Bertz CT molecular complexity index is 343. The molecule has 0 saturated heterocycles. The molecule has 1 aromatic carbocycles. The molecule has 0 fully saturated rings. The van der Waals surface area contributed by atoms with Crippen molar-refractivity contribution in [2.75, 3.05) is 19.4 Å². The van der Waals surface area contributed by atoms with Gasteiger partial charge in [0.2, 0.25) is 0 Å². The topological polar surface area (TPSA) is 38.3 Å². The Labute approximate surface area is 113 Å². The van der Waals surface area contributed by atoms with E-state index < -0.39 is 0 Å². The third kappa shape index (κ3) is 5.56. The van der Waals surface area contributed by atoms with Gasteiger partial charge in [0.05, 0.1) is 7.11 Å². The van der Waals surface area contributed by atoms with Crippen molar-refractivity contribution in [3.8, 4) is 0 Å². The second-order valence-electron chi connectivity index (χ2n) is 3.98. The number of nitrogens with one attached hydrogen (secondary N) is 1. The molecule has 0 bridgehead atoms. The number of rotatable bonds is 8. The minimum atomic E-state index is -0.189. The molecule has 1 aromatic rings. The van der Waals surface area contributed by atoms with E-state index in [-0.39, 0.29) is 12.0 Å². The van der Waals surface area contributed by atoms with Gasteiger partial charge in [-0.1, -0.05) is 25.1 Å². The Morgan fingerprint density at radius 3 is 2.72 bits per heavy atom. The first-order chi connectivity index (χ1) is 8.77. The Morgan fingerprint density at radius 1 is 1.39 bits per heavy atom. The minimum absolute atomic E-state index is 0.169. The van der Waals surface area contributed by atoms with Crippen LogP contribution in [-0.4, -0.2) is 31.4 Å². The normalized spacial score (nSPS) is 12.1. The molecule has 1 N–H and O–H groups in total. The van der Waals surface area contributed by atoms with Crippen LogP contribution in [0.4, 0.5) is 0 Å². The number of ether oxygens (including phenoxy) is 1. The van der Waals surface area contributed by atoms with Crippen LogP contribution in [0, 0.1) is 0 Å². The van der Waals surface area contributed by atoms with Crippen LogP contribution < -0.4 is 5.32 Å². The fraction of sp³-hybridized carbons (Fsp3) is 0.500. The van der Waals surface area contributed by atoms with Crippen LogP contribution in [-0.2, 0) is 9.53 Å². The summed E-state index contributed by atoms with van der Waals surface area (Å²) >= 11 is 1.76. The number of methoxy groups -OCH3 is 1. The molecule has 0 heterocycles. The van der Waals surface area contributed by atoms with Crippen LogP contribution in [0.3, 0.4) is 0 Å². The number of hydrogen-bond acceptors (Lipinski definition) is 4. The molecule has 0 radical (unpaired) electrons. The quantitative estimate of drug-likeness (QED) is 0.580. The summed E-state index contributed by atoms with van der Waals surface area (Å²) in [5.41, 5.74) is 0. The van der Waals surface area contributed by atoms with Crippen molar-refractivity contribution < 1.29 is 9.53 Å². The molecule has 1 atom stereocenters. The van der Waals surface area contributed by atoms with Gasteiger partial charge in [-0.25, -0.2) is 0 Å². The maximum atomic E-state index is 11.6. The van der Waals surface area contributed by atoms with Gasteiger partial charge in [-0.3, -0.25) is 4.79 Å². The molecule has 4 heteroatoms. The molecule has 0 aromatic heterocycles. The van der Waals surface area contributed by atoms with E-state index in [2.05, 4.69) is 24.4 Å². The molecule has 1 unspecified atom stereocenters. The summed E-state index contributed by atoms with van der Waals surface area (Å²) in [6.45, 7) is 2.93. The van der Waals surface area contributed by atoms with E-state index in [0.29, 0.717) is 0 Å². The summed E-state index contributed by atoms with van der Waals surface area (Å²) in [7, 11) is 1.44. The van der Waals surface area contributed by atoms with E-state index >= 15 is 0 Å². The van der Waals surface area contributed by atoms with Crippen LogP contribution in [0.25, 0.3) is 0 Å². The largest absolute Gasteiger partial charge is 0.468 e. The van der Waals surface area contributed by atoms with E-state index in [4.69, 9.17) is 4.74 Å². The van der Waals surface area contributed by atoms with Crippen LogP contribution in [0.5, 0.6) is 0 Å². The highest BCUT2D eigenvalue weighted by molar-refractivity contribution is 7.99. The maximum Gasteiger partial charge on any atom is 0.322 e. The lowest BCUT2D eigenvalue weighted by Crippen LogP contribution is -2.38. The lowest BCUT2D eigenvalue weighted by Gasteiger charge is -2.15. The Balaban J connectivity index is 2.35. The fourth-order valence-electron chi connectivity index (χ4n) is 1.58. The average molecular weight is 267 g/mol. The standard InChI is InChI=1S/C14H21NO2S/c1-3-10-15-13(14(16)17-2)9-11-18-12-7-5-4-6-8-12/h4-8,13,15H,3,9-11H2,1-2H3. The van der Waals surface area contributed by atoms with E-state index in [1.165, 1.54) is 12.0 Å². The van der Waals surface area contributed by atoms with Crippen molar-refractivity contribution in [1.82, 2.24) is 5.32 Å². The first kappa shape index (κ1) is 15.1. The van der Waals surface area contributed by atoms with Crippen molar-refractivity contribution in [2.24, 2.45) is 0 Å². The van der Waals surface area contributed by atoms with Gasteiger partial charge in [-0.05, 0) is 31.5 Å². The SMILES string of the molecule is CCCNC(CCSc1ccccc1)C(=O)OC. The predicted octanol–water partition coefficient (Wildman–Crippen LogP) is 2.71. The number of esters is 1. The monoisotopic (exact) mass is 267 g/mol. The molecule has 0 amide bonds. The van der Waals surface area contributed by atoms with E-state index in [1.807, 2.05) is 18.2 Å². The minimum Gasteiger partial charge on any atom is -0.468 e. The lowest BCUT2D eigenvalue weighted by molar-refractivity contribution is -0.143. The molecule has 0 aliphatic rings. The summed E-state index contributed by atoms with van der Waals surface area (Å²) in [6, 6.07) is 10.0. The molecular weight excluding hydrogens is 246 g/mol. The summed E-state index contributed by atoms with van der Waals surface area (Å²) in [6.07, 6.45) is 1.80. The molecule has 100 valence electrons. The number of hydrogen-bond donors (Lipinski definition) is 1. The Kier molecular flexibility index (Phi) is 7.53. The van der Waals surface area contributed by atoms with Gasteiger partial charge in [0.15, 0.2) is 0 Å². The van der Waals surface area contributed by atoms with Crippen molar-refractivity contribution in [3.05, 3.63) is 30.3 Å². The number of benzene rings is 1. The molecular formula is C14H21NO2S. The zero-order valence-corrected chi connectivity index (χ0v) is 11.8. The van der Waals surface area contributed by atoms with Crippen molar-refractivity contribution >= 4 is 17.7 Å². The van der Waals surface area contributed by atoms with Gasteiger partial charge >= 0.3 is 5.97 Å². The predicted molar refractivity (Wildman–Crippen MR) is 75.9 cm³/mol.